The Kier molecular flexibility index (Phi) is 3.48. The molecular weight excluding hydrogens is 292 g/mol. The second-order valence-electron chi connectivity index (χ2n) is 8.00. The third kappa shape index (κ3) is 2.23. The Balaban J connectivity index is 1.62. The van der Waals surface area contributed by atoms with E-state index in [9.17, 15) is 0 Å². The molecule has 0 saturated carbocycles. The summed E-state index contributed by atoms with van der Waals surface area (Å²) in [5.74, 6) is 1.31. The van der Waals surface area contributed by atoms with Gasteiger partial charge in [-0.1, -0.05) is 30.3 Å². The van der Waals surface area contributed by atoms with Gasteiger partial charge < -0.3 is 4.90 Å². The summed E-state index contributed by atoms with van der Waals surface area (Å²) in [6, 6.07) is 15.3. The van der Waals surface area contributed by atoms with Crippen molar-refractivity contribution in [2.24, 2.45) is 5.92 Å². The van der Waals surface area contributed by atoms with Crippen molar-refractivity contribution < 1.29 is 0 Å². The highest BCUT2D eigenvalue weighted by Crippen LogP contribution is 2.48. The summed E-state index contributed by atoms with van der Waals surface area (Å²) in [6.45, 7) is 0. The van der Waals surface area contributed by atoms with Crippen LogP contribution in [0.25, 0.3) is 0 Å². The second kappa shape index (κ2) is 5.70. The number of nitrogens with zero attached hydrogens (tertiary/aromatic N) is 2. The fourth-order valence-corrected chi connectivity index (χ4v) is 5.66. The van der Waals surface area contributed by atoms with E-state index >= 15 is 0 Å². The van der Waals surface area contributed by atoms with Gasteiger partial charge in [-0.05, 0) is 74.2 Å². The summed E-state index contributed by atoms with van der Waals surface area (Å²) >= 11 is 0. The SMILES string of the molecule is CN1C2CCC1CC(C1c3ccccc3CCc3ncccc31)C2. The van der Waals surface area contributed by atoms with Gasteiger partial charge in [0.1, 0.15) is 0 Å². The van der Waals surface area contributed by atoms with E-state index in [0.717, 1.165) is 30.8 Å². The number of fused-ring (bicyclic) bond motifs is 4. The van der Waals surface area contributed by atoms with E-state index in [0.29, 0.717) is 5.92 Å². The minimum Gasteiger partial charge on any atom is -0.300 e. The molecule has 1 aliphatic carbocycles. The zero-order valence-corrected chi connectivity index (χ0v) is 14.5. The van der Waals surface area contributed by atoms with E-state index in [1.54, 1.807) is 11.1 Å². The molecule has 2 bridgehead atoms. The normalized spacial score (nSPS) is 32.0. The van der Waals surface area contributed by atoms with Crippen LogP contribution in [-0.4, -0.2) is 29.0 Å². The van der Waals surface area contributed by atoms with Gasteiger partial charge in [-0.3, -0.25) is 4.98 Å². The van der Waals surface area contributed by atoms with Crippen molar-refractivity contribution >= 4 is 0 Å². The molecule has 2 saturated heterocycles. The average molecular weight is 318 g/mol. The number of rotatable bonds is 1. The van der Waals surface area contributed by atoms with Gasteiger partial charge in [-0.2, -0.15) is 0 Å². The highest BCUT2D eigenvalue weighted by molar-refractivity contribution is 5.43. The van der Waals surface area contributed by atoms with Crippen molar-refractivity contribution in [2.45, 2.75) is 56.5 Å². The number of pyridine rings is 1. The summed E-state index contributed by atoms with van der Waals surface area (Å²) in [5, 5.41) is 0. The van der Waals surface area contributed by atoms with Gasteiger partial charge in [0.25, 0.3) is 0 Å². The monoisotopic (exact) mass is 318 g/mol. The van der Waals surface area contributed by atoms with E-state index in [1.807, 2.05) is 6.20 Å². The lowest BCUT2D eigenvalue weighted by atomic mass is 9.73. The van der Waals surface area contributed by atoms with E-state index < -0.39 is 0 Å². The van der Waals surface area contributed by atoms with Gasteiger partial charge in [0.05, 0.1) is 0 Å². The van der Waals surface area contributed by atoms with Crippen molar-refractivity contribution in [1.82, 2.24) is 9.88 Å². The molecule has 2 fully saturated rings. The summed E-state index contributed by atoms with van der Waals surface area (Å²) in [7, 11) is 2.34. The standard InChI is InChI=1S/C22H26N2/c1-24-17-9-10-18(24)14-16(13-17)22-19-6-3-2-5-15(19)8-11-21-20(22)7-4-12-23-21/h2-7,12,16-18,22H,8-11,13-14H2,1H3. The lowest BCUT2D eigenvalue weighted by Gasteiger charge is -2.40. The first kappa shape index (κ1) is 14.7. The molecular formula is C22H26N2. The first-order valence-electron chi connectivity index (χ1n) is 9.55. The average Bonchev–Trinajstić information content (AvgIpc) is 2.81. The van der Waals surface area contributed by atoms with E-state index in [2.05, 4.69) is 48.3 Å². The smallest absolute Gasteiger partial charge is 0.0445 e. The maximum Gasteiger partial charge on any atom is 0.0445 e. The van der Waals surface area contributed by atoms with Crippen molar-refractivity contribution in [2.75, 3.05) is 7.05 Å². The third-order valence-electron chi connectivity index (χ3n) is 6.89. The number of aryl methyl sites for hydroxylation is 2. The van der Waals surface area contributed by atoms with Crippen molar-refractivity contribution in [1.29, 1.82) is 0 Å². The molecule has 1 aromatic heterocycles. The Morgan fingerprint density at radius 3 is 2.50 bits per heavy atom. The largest absolute Gasteiger partial charge is 0.300 e. The lowest BCUT2D eigenvalue weighted by molar-refractivity contribution is 0.126. The molecule has 2 heteroatoms. The van der Waals surface area contributed by atoms with Crippen LogP contribution in [0.4, 0.5) is 0 Å². The predicted molar refractivity (Wildman–Crippen MR) is 97.2 cm³/mol. The molecule has 3 atom stereocenters. The molecule has 2 nitrogen and oxygen atoms in total. The predicted octanol–water partition coefficient (Wildman–Crippen LogP) is 4.18. The summed E-state index contributed by atoms with van der Waals surface area (Å²) in [5.41, 5.74) is 5.98. The summed E-state index contributed by atoms with van der Waals surface area (Å²) < 4.78 is 0. The molecule has 1 aromatic carbocycles. The molecule has 0 spiro atoms. The fourth-order valence-electron chi connectivity index (χ4n) is 5.66. The van der Waals surface area contributed by atoms with Gasteiger partial charge in [-0.15, -0.1) is 0 Å². The van der Waals surface area contributed by atoms with Crippen LogP contribution >= 0.6 is 0 Å². The molecule has 3 unspecified atom stereocenters. The maximum absolute atomic E-state index is 4.77. The second-order valence-corrected chi connectivity index (χ2v) is 8.00. The van der Waals surface area contributed by atoms with Crippen molar-refractivity contribution in [3.8, 4) is 0 Å². The van der Waals surface area contributed by atoms with Crippen molar-refractivity contribution in [3.05, 3.63) is 65.0 Å². The quantitative estimate of drug-likeness (QED) is 0.784. The number of aromatic nitrogens is 1. The van der Waals surface area contributed by atoms with Crippen LogP contribution in [0, 0.1) is 5.92 Å². The first-order valence-corrected chi connectivity index (χ1v) is 9.55. The van der Waals surface area contributed by atoms with Crippen LogP contribution in [0.5, 0.6) is 0 Å². The van der Waals surface area contributed by atoms with E-state index in [1.165, 1.54) is 36.9 Å². The summed E-state index contributed by atoms with van der Waals surface area (Å²) in [4.78, 5) is 7.42. The number of benzene rings is 1. The third-order valence-corrected chi connectivity index (χ3v) is 6.89. The van der Waals surface area contributed by atoms with Gasteiger partial charge in [-0.25, -0.2) is 0 Å². The summed E-state index contributed by atoms with van der Waals surface area (Å²) in [6.07, 6.45) is 9.68. The molecule has 3 aliphatic rings. The number of hydrogen-bond donors (Lipinski definition) is 0. The Hall–Kier alpha value is -1.67. The molecule has 24 heavy (non-hydrogen) atoms. The minimum atomic E-state index is 0.546. The maximum atomic E-state index is 4.77. The molecule has 3 heterocycles. The number of piperidine rings is 1. The van der Waals surface area contributed by atoms with Crippen LogP contribution in [0.1, 0.15) is 54.0 Å². The van der Waals surface area contributed by atoms with Crippen molar-refractivity contribution in [3.63, 3.8) is 0 Å². The van der Waals surface area contributed by atoms with E-state index in [-0.39, 0.29) is 0 Å². The first-order chi connectivity index (χ1) is 11.8. The Morgan fingerprint density at radius 1 is 0.917 bits per heavy atom. The molecule has 0 radical (unpaired) electrons. The van der Waals surface area contributed by atoms with Crippen LogP contribution < -0.4 is 0 Å². The van der Waals surface area contributed by atoms with Crippen LogP contribution in [0.3, 0.4) is 0 Å². The number of hydrogen-bond acceptors (Lipinski definition) is 2. The van der Waals surface area contributed by atoms with E-state index in [4.69, 9.17) is 4.98 Å². The Bertz CT molecular complexity index is 692. The molecule has 2 aromatic rings. The fraction of sp³-hybridized carbons (Fsp3) is 0.500. The minimum absolute atomic E-state index is 0.546. The molecule has 0 amide bonds. The molecule has 124 valence electrons. The lowest BCUT2D eigenvalue weighted by Crippen LogP contribution is -2.41. The van der Waals surface area contributed by atoms with Crippen LogP contribution in [0.15, 0.2) is 42.6 Å². The molecule has 5 rings (SSSR count). The van der Waals surface area contributed by atoms with Gasteiger partial charge >= 0.3 is 0 Å². The highest BCUT2D eigenvalue weighted by Gasteiger charge is 2.42. The zero-order valence-electron chi connectivity index (χ0n) is 14.5. The van der Waals surface area contributed by atoms with Crippen LogP contribution in [0.2, 0.25) is 0 Å². The Morgan fingerprint density at radius 2 is 1.67 bits per heavy atom. The van der Waals surface area contributed by atoms with Crippen LogP contribution in [-0.2, 0) is 12.8 Å². The molecule has 0 N–H and O–H groups in total. The topological polar surface area (TPSA) is 16.1 Å². The molecule has 2 aliphatic heterocycles. The van der Waals surface area contributed by atoms with Gasteiger partial charge in [0, 0.05) is 29.9 Å². The Labute approximate surface area is 144 Å². The van der Waals surface area contributed by atoms with Gasteiger partial charge in [0.15, 0.2) is 0 Å². The zero-order chi connectivity index (χ0) is 16.1. The highest BCUT2D eigenvalue weighted by atomic mass is 15.2. The van der Waals surface area contributed by atoms with Gasteiger partial charge in [0.2, 0.25) is 0 Å².